The molecule has 0 saturated heterocycles. The average molecular weight is 435 g/mol. The molecule has 0 aliphatic heterocycles. The zero-order valence-electron chi connectivity index (χ0n) is 21.3. The average Bonchev–Trinajstić information content (AvgIpc) is 2.73. The van der Waals surface area contributed by atoms with Crippen molar-refractivity contribution < 1.29 is 9.47 Å². The van der Waals surface area contributed by atoms with Gasteiger partial charge in [-0.25, -0.2) is 0 Å². The molecule has 2 heteroatoms. The molecule has 0 spiro atoms. The lowest BCUT2D eigenvalue weighted by Gasteiger charge is -2.23. The molecule has 0 unspecified atom stereocenters. The second kappa shape index (κ2) is 10.6. The van der Waals surface area contributed by atoms with Crippen LogP contribution in [-0.4, -0.2) is 13.2 Å². The molecule has 174 valence electrons. The highest BCUT2D eigenvalue weighted by Gasteiger charge is 2.20. The molecule has 3 rings (SSSR count). The Labute approximate surface area is 195 Å². The first kappa shape index (κ1) is 24.4. The molecule has 0 fully saturated rings. The summed E-state index contributed by atoms with van der Waals surface area (Å²) in [6.07, 6.45) is 4.50. The molecule has 0 heterocycles. The van der Waals surface area contributed by atoms with Gasteiger partial charge in [0.05, 0.1) is 13.2 Å². The predicted octanol–water partition coefficient (Wildman–Crippen LogP) is 8.92. The molecule has 3 aromatic carbocycles. The fraction of sp³-hybridized carbons (Fsp3) is 0.533. The number of rotatable bonds is 10. The fourth-order valence-electron chi connectivity index (χ4n) is 4.21. The first-order chi connectivity index (χ1) is 15.2. The van der Waals surface area contributed by atoms with Crippen LogP contribution in [-0.2, 0) is 5.41 Å². The third-order valence-corrected chi connectivity index (χ3v) is 6.14. The first-order valence-electron chi connectivity index (χ1n) is 12.4. The minimum atomic E-state index is 0.0764. The summed E-state index contributed by atoms with van der Waals surface area (Å²) in [6.45, 7) is 17.4. The third-order valence-electron chi connectivity index (χ3n) is 6.14. The van der Waals surface area contributed by atoms with E-state index in [1.54, 1.807) is 0 Å². The fourth-order valence-corrected chi connectivity index (χ4v) is 4.21. The Hall–Kier alpha value is -2.22. The van der Waals surface area contributed by atoms with Gasteiger partial charge in [0.2, 0.25) is 0 Å². The Bertz CT molecular complexity index is 1020. The number of benzene rings is 3. The topological polar surface area (TPSA) is 18.5 Å². The molecule has 0 aliphatic rings. The van der Waals surface area contributed by atoms with Crippen LogP contribution in [0, 0.1) is 11.8 Å². The summed E-state index contributed by atoms with van der Waals surface area (Å²) in [5.74, 6) is 3.39. The zero-order chi connectivity index (χ0) is 23.3. The van der Waals surface area contributed by atoms with Crippen LogP contribution in [0.1, 0.15) is 79.7 Å². The van der Waals surface area contributed by atoms with Crippen LogP contribution < -0.4 is 9.47 Å². The van der Waals surface area contributed by atoms with Crippen molar-refractivity contribution in [1.29, 1.82) is 0 Å². The Morgan fingerprint density at radius 2 is 1.12 bits per heavy atom. The van der Waals surface area contributed by atoms with Gasteiger partial charge in [-0.3, -0.25) is 0 Å². The van der Waals surface area contributed by atoms with Gasteiger partial charge >= 0.3 is 0 Å². The molecule has 0 N–H and O–H groups in total. The highest BCUT2D eigenvalue weighted by Crippen LogP contribution is 2.44. The van der Waals surface area contributed by atoms with Gasteiger partial charge in [0.25, 0.3) is 0 Å². The number of hydrogen-bond acceptors (Lipinski definition) is 2. The van der Waals surface area contributed by atoms with Gasteiger partial charge in [0.1, 0.15) is 11.5 Å². The van der Waals surface area contributed by atoms with E-state index in [-0.39, 0.29) is 5.41 Å². The Balaban J connectivity index is 2.10. The van der Waals surface area contributed by atoms with Crippen molar-refractivity contribution in [2.75, 3.05) is 13.2 Å². The lowest BCUT2D eigenvalue weighted by molar-refractivity contribution is 0.299. The Morgan fingerprint density at radius 1 is 0.656 bits per heavy atom. The summed E-state index contributed by atoms with van der Waals surface area (Å²) in [7, 11) is 0. The SMILES string of the molecule is CC(C)CCCOc1c2ccccc2c(OCCCC(C)C)c2cc(C(C)(C)C)ccc12. The summed E-state index contributed by atoms with van der Waals surface area (Å²) < 4.78 is 13.0. The van der Waals surface area contributed by atoms with Crippen molar-refractivity contribution in [2.24, 2.45) is 11.8 Å². The van der Waals surface area contributed by atoms with E-state index in [9.17, 15) is 0 Å². The molecular formula is C30H42O2. The Morgan fingerprint density at radius 3 is 1.59 bits per heavy atom. The van der Waals surface area contributed by atoms with Gasteiger partial charge < -0.3 is 9.47 Å². The molecule has 0 bridgehead atoms. The second-order valence-corrected chi connectivity index (χ2v) is 11.0. The molecule has 32 heavy (non-hydrogen) atoms. The third kappa shape index (κ3) is 5.97. The lowest BCUT2D eigenvalue weighted by Crippen LogP contribution is -2.11. The van der Waals surface area contributed by atoms with E-state index < -0.39 is 0 Å². The largest absolute Gasteiger partial charge is 0.492 e. The van der Waals surface area contributed by atoms with E-state index in [0.717, 1.165) is 53.7 Å². The van der Waals surface area contributed by atoms with Gasteiger partial charge in [-0.1, -0.05) is 84.9 Å². The minimum Gasteiger partial charge on any atom is -0.492 e. The van der Waals surface area contributed by atoms with Crippen molar-refractivity contribution in [3.63, 3.8) is 0 Å². The highest BCUT2D eigenvalue weighted by atomic mass is 16.5. The molecule has 3 aromatic rings. The summed E-state index contributed by atoms with van der Waals surface area (Å²) in [6, 6.07) is 15.4. The highest BCUT2D eigenvalue weighted by molar-refractivity contribution is 6.11. The van der Waals surface area contributed by atoms with Gasteiger partial charge in [-0.05, 0) is 54.6 Å². The van der Waals surface area contributed by atoms with E-state index in [4.69, 9.17) is 9.47 Å². The van der Waals surface area contributed by atoms with Crippen molar-refractivity contribution in [2.45, 2.75) is 79.6 Å². The van der Waals surface area contributed by atoms with E-state index in [1.165, 1.54) is 23.8 Å². The zero-order valence-corrected chi connectivity index (χ0v) is 21.3. The van der Waals surface area contributed by atoms with E-state index in [1.807, 2.05) is 0 Å². The molecule has 0 aromatic heterocycles. The lowest BCUT2D eigenvalue weighted by atomic mass is 9.85. The maximum atomic E-state index is 6.51. The van der Waals surface area contributed by atoms with Gasteiger partial charge in [-0.15, -0.1) is 0 Å². The molecule has 0 amide bonds. The summed E-state index contributed by atoms with van der Waals surface area (Å²) in [5.41, 5.74) is 1.39. The van der Waals surface area contributed by atoms with Crippen molar-refractivity contribution in [1.82, 2.24) is 0 Å². The second-order valence-electron chi connectivity index (χ2n) is 11.0. The summed E-state index contributed by atoms with van der Waals surface area (Å²) >= 11 is 0. The summed E-state index contributed by atoms with van der Waals surface area (Å²) in [4.78, 5) is 0. The molecule has 2 nitrogen and oxygen atoms in total. The summed E-state index contributed by atoms with van der Waals surface area (Å²) in [5, 5.41) is 4.61. The predicted molar refractivity (Wildman–Crippen MR) is 139 cm³/mol. The maximum Gasteiger partial charge on any atom is 0.135 e. The quantitative estimate of drug-likeness (QED) is 0.234. The molecule has 0 saturated carbocycles. The molecular weight excluding hydrogens is 392 g/mol. The van der Waals surface area contributed by atoms with Crippen LogP contribution in [0.2, 0.25) is 0 Å². The molecule has 0 atom stereocenters. The van der Waals surface area contributed by atoms with Crippen LogP contribution in [0.4, 0.5) is 0 Å². The van der Waals surface area contributed by atoms with E-state index in [2.05, 4.69) is 90.9 Å². The van der Waals surface area contributed by atoms with Gasteiger partial charge in [-0.2, -0.15) is 0 Å². The standard InChI is InChI=1S/C30H42O2/c1-21(2)12-10-18-31-28-24-14-8-9-15-25(24)29(32-19-11-13-22(3)4)27-20-23(30(5,6)7)16-17-26(27)28/h8-9,14-17,20-22H,10-13,18-19H2,1-7H3. The van der Waals surface area contributed by atoms with E-state index >= 15 is 0 Å². The first-order valence-corrected chi connectivity index (χ1v) is 12.4. The number of ether oxygens (including phenoxy) is 2. The van der Waals surface area contributed by atoms with Gasteiger partial charge in [0, 0.05) is 21.5 Å². The molecule has 0 aliphatic carbocycles. The Kier molecular flexibility index (Phi) is 8.09. The van der Waals surface area contributed by atoms with E-state index in [0.29, 0.717) is 11.8 Å². The monoisotopic (exact) mass is 434 g/mol. The van der Waals surface area contributed by atoms with Crippen LogP contribution >= 0.6 is 0 Å². The normalized spacial score (nSPS) is 12.3. The van der Waals surface area contributed by atoms with Crippen molar-refractivity contribution in [3.8, 4) is 11.5 Å². The van der Waals surface area contributed by atoms with Crippen LogP contribution in [0.3, 0.4) is 0 Å². The minimum absolute atomic E-state index is 0.0764. The number of fused-ring (bicyclic) bond motifs is 2. The molecule has 0 radical (unpaired) electrons. The van der Waals surface area contributed by atoms with Crippen molar-refractivity contribution in [3.05, 3.63) is 48.0 Å². The van der Waals surface area contributed by atoms with Crippen molar-refractivity contribution >= 4 is 21.5 Å². The van der Waals surface area contributed by atoms with Crippen LogP contribution in [0.15, 0.2) is 42.5 Å². The number of hydrogen-bond donors (Lipinski definition) is 0. The maximum absolute atomic E-state index is 6.51. The van der Waals surface area contributed by atoms with Crippen LogP contribution in [0.25, 0.3) is 21.5 Å². The van der Waals surface area contributed by atoms with Crippen LogP contribution in [0.5, 0.6) is 11.5 Å². The smallest absolute Gasteiger partial charge is 0.135 e. The van der Waals surface area contributed by atoms with Gasteiger partial charge in [0.15, 0.2) is 0 Å².